The van der Waals surface area contributed by atoms with Gasteiger partial charge in [-0.1, -0.05) is 54.6 Å². The van der Waals surface area contributed by atoms with Crippen molar-refractivity contribution in [1.29, 1.82) is 0 Å². The first-order valence-corrected chi connectivity index (χ1v) is 7.79. The van der Waals surface area contributed by atoms with Gasteiger partial charge in [0, 0.05) is 0 Å². The Morgan fingerprint density at radius 2 is 0.857 bits per heavy atom. The fourth-order valence-electron chi connectivity index (χ4n) is 1.23. The van der Waals surface area contributed by atoms with Gasteiger partial charge in [0.15, 0.2) is 0 Å². The van der Waals surface area contributed by atoms with Gasteiger partial charge >= 0.3 is 23.1 Å². The van der Waals surface area contributed by atoms with E-state index in [0.29, 0.717) is 0 Å². The molecule has 5 heteroatoms. The van der Waals surface area contributed by atoms with E-state index in [1.54, 1.807) is 0 Å². The molecule has 0 unspecified atom stereocenters. The molecule has 0 bridgehead atoms. The number of hydrogen-bond acceptors (Lipinski definition) is 0. The second-order valence-corrected chi connectivity index (χ2v) is 8.02. The van der Waals surface area contributed by atoms with Crippen molar-refractivity contribution in [1.82, 2.24) is 0 Å². The van der Waals surface area contributed by atoms with Gasteiger partial charge in [-0.25, -0.2) is 0 Å². The van der Waals surface area contributed by atoms with Crippen LogP contribution in [0.1, 0.15) is 41.5 Å². The smallest absolute Gasteiger partial charge is 0.653 e. The molecule has 0 fully saturated rings. The molecule has 0 aliphatic heterocycles. The van der Waals surface area contributed by atoms with Crippen LogP contribution in [0, 0.1) is 0 Å². The maximum Gasteiger partial charge on any atom is 2.00 e. The summed E-state index contributed by atoms with van der Waals surface area (Å²) in [6, 6.07) is 0. The Morgan fingerprint density at radius 3 is 1.00 bits per heavy atom. The van der Waals surface area contributed by atoms with Crippen molar-refractivity contribution in [2.24, 2.45) is 0 Å². The molecule has 0 aliphatic rings. The molecule has 0 aliphatic carbocycles. The molecule has 0 heterocycles. The number of rotatable bonds is 6. The van der Waals surface area contributed by atoms with Crippen molar-refractivity contribution in [3.8, 4) is 0 Å². The largest absolute Gasteiger partial charge is 2.00 e. The van der Waals surface area contributed by atoms with Crippen LogP contribution in [0.2, 0.25) is 0 Å². The molecule has 0 spiro atoms. The summed E-state index contributed by atoms with van der Waals surface area (Å²) in [6.07, 6.45) is 0. The summed E-state index contributed by atoms with van der Waals surface area (Å²) >= 11 is 0. The van der Waals surface area contributed by atoms with Crippen molar-refractivity contribution >= 4 is 23.1 Å². The number of nitrogens with one attached hydrogen (secondary N) is 2. The molecule has 0 saturated heterocycles. The van der Waals surface area contributed by atoms with E-state index in [1.807, 2.05) is 0 Å². The minimum absolute atomic E-state index is 0. The average Bonchev–Trinajstić information content (AvgIpc) is 2.12. The molecule has 0 rings (SSSR count). The van der Waals surface area contributed by atoms with Gasteiger partial charge in [0.2, 0.25) is 0 Å². The van der Waals surface area contributed by atoms with Crippen LogP contribution >= 0.6 is 0 Å². The molecule has 21 heavy (non-hydrogen) atoms. The van der Waals surface area contributed by atoms with Gasteiger partial charge < -0.3 is 20.4 Å². The van der Waals surface area contributed by atoms with Crippen LogP contribution in [0.4, 0.5) is 0 Å². The number of quaternary nitrogens is 2. The Labute approximate surface area is 150 Å². The van der Waals surface area contributed by atoms with Crippen molar-refractivity contribution in [2.75, 3.05) is 54.4 Å². The average molecular weight is 313 g/mol. The first-order valence-electron chi connectivity index (χ1n) is 7.79. The van der Waals surface area contributed by atoms with Crippen LogP contribution in [0.5, 0.6) is 0 Å². The SMILES string of the molecule is C[NH+](C)CC[N-]C(C)(C)C.C[NH+](C)CC[N-]C(C)(C)C.[Mg+2]. The van der Waals surface area contributed by atoms with Crippen molar-refractivity contribution in [3.05, 3.63) is 10.6 Å². The second-order valence-electron chi connectivity index (χ2n) is 8.02. The number of hydrogen-bond donors (Lipinski definition) is 2. The first kappa shape index (κ1) is 26.5. The Morgan fingerprint density at radius 1 is 0.619 bits per heavy atom. The topological polar surface area (TPSA) is 37.1 Å². The zero-order valence-electron chi connectivity index (χ0n) is 16.4. The van der Waals surface area contributed by atoms with Gasteiger partial charge in [-0.3, -0.25) is 0 Å². The van der Waals surface area contributed by atoms with E-state index in [1.165, 1.54) is 9.80 Å². The standard InChI is InChI=1S/2C8H19N2.Mg/c2*1-8(2,3)9-6-7-10(4)5;/h2*6-7H2,1-5H3;/q2*-1;+2/p+2. The number of likely N-dealkylation sites (N-methyl/N-ethyl adjacent to an activating group) is 2. The predicted octanol–water partition coefficient (Wildman–Crippen LogP) is 0.225. The van der Waals surface area contributed by atoms with Crippen LogP contribution in [-0.4, -0.2) is 88.5 Å². The van der Waals surface area contributed by atoms with Gasteiger partial charge in [0.1, 0.15) is 0 Å². The number of nitrogens with zero attached hydrogens (tertiary/aromatic N) is 2. The van der Waals surface area contributed by atoms with E-state index in [-0.39, 0.29) is 34.1 Å². The molecule has 0 saturated carbocycles. The third-order valence-corrected chi connectivity index (χ3v) is 2.40. The second kappa shape index (κ2) is 13.1. The molecule has 4 nitrogen and oxygen atoms in total. The zero-order chi connectivity index (χ0) is 16.4. The van der Waals surface area contributed by atoms with E-state index >= 15 is 0 Å². The van der Waals surface area contributed by atoms with Crippen LogP contribution in [-0.2, 0) is 0 Å². The van der Waals surface area contributed by atoms with E-state index in [9.17, 15) is 0 Å². The summed E-state index contributed by atoms with van der Waals surface area (Å²) in [5.41, 5.74) is 0.297. The summed E-state index contributed by atoms with van der Waals surface area (Å²) < 4.78 is 0. The Kier molecular flexibility index (Phi) is 16.5. The third kappa shape index (κ3) is 33.4. The van der Waals surface area contributed by atoms with Crippen molar-refractivity contribution in [2.45, 2.75) is 52.6 Å². The van der Waals surface area contributed by atoms with Crippen molar-refractivity contribution in [3.63, 3.8) is 0 Å². The molecule has 2 N–H and O–H groups in total. The fraction of sp³-hybridized carbons (Fsp3) is 1.00. The molecule has 124 valence electrons. The maximum atomic E-state index is 4.48. The van der Waals surface area contributed by atoms with Crippen LogP contribution in [0.3, 0.4) is 0 Å². The molecule has 0 radical (unpaired) electrons. The van der Waals surface area contributed by atoms with E-state index < -0.39 is 0 Å². The first-order chi connectivity index (χ1) is 8.83. The summed E-state index contributed by atoms with van der Waals surface area (Å²) in [6.45, 7) is 17.0. The third-order valence-electron chi connectivity index (χ3n) is 2.40. The Balaban J connectivity index is -0.000000295. The van der Waals surface area contributed by atoms with E-state index in [2.05, 4.69) is 80.4 Å². The minimum atomic E-state index is 0. The summed E-state index contributed by atoms with van der Waals surface area (Å²) in [7, 11) is 8.60. The molecule has 0 aromatic heterocycles. The molecule has 0 amide bonds. The summed E-state index contributed by atoms with van der Waals surface area (Å²) in [5, 5.41) is 8.95. The molecular formula is C16H40MgN4+2. The van der Waals surface area contributed by atoms with Crippen molar-refractivity contribution < 1.29 is 9.80 Å². The van der Waals surface area contributed by atoms with Crippen LogP contribution in [0.15, 0.2) is 0 Å². The normalized spacial score (nSPS) is 12.0. The van der Waals surface area contributed by atoms with E-state index in [4.69, 9.17) is 0 Å². The quantitative estimate of drug-likeness (QED) is 0.659. The van der Waals surface area contributed by atoms with Gasteiger partial charge in [-0.15, -0.1) is 11.1 Å². The molecular weight excluding hydrogens is 273 g/mol. The Hall–Kier alpha value is 0.606. The fourth-order valence-corrected chi connectivity index (χ4v) is 1.23. The van der Waals surface area contributed by atoms with Gasteiger partial charge in [-0.2, -0.15) is 0 Å². The van der Waals surface area contributed by atoms with Gasteiger partial charge in [0.05, 0.1) is 41.3 Å². The monoisotopic (exact) mass is 312 g/mol. The summed E-state index contributed by atoms with van der Waals surface area (Å²) in [4.78, 5) is 2.93. The maximum absolute atomic E-state index is 4.48. The predicted molar refractivity (Wildman–Crippen MR) is 97.1 cm³/mol. The Bertz CT molecular complexity index is 193. The van der Waals surface area contributed by atoms with Crippen LogP contribution in [0.25, 0.3) is 10.6 Å². The molecule has 0 atom stereocenters. The summed E-state index contributed by atoms with van der Waals surface area (Å²) in [5.74, 6) is 0. The van der Waals surface area contributed by atoms with Gasteiger partial charge in [-0.05, 0) is 0 Å². The molecule has 0 aromatic carbocycles. The van der Waals surface area contributed by atoms with E-state index in [0.717, 1.165) is 26.2 Å². The zero-order valence-corrected chi connectivity index (χ0v) is 17.8. The van der Waals surface area contributed by atoms with Gasteiger partial charge in [0.25, 0.3) is 0 Å². The van der Waals surface area contributed by atoms with Crippen LogP contribution < -0.4 is 9.80 Å². The minimum Gasteiger partial charge on any atom is -0.653 e. The molecule has 0 aromatic rings.